The van der Waals surface area contributed by atoms with E-state index in [2.05, 4.69) is 127 Å². The van der Waals surface area contributed by atoms with Crippen molar-refractivity contribution >= 4 is 0 Å². The average Bonchev–Trinajstić information content (AvgIpc) is 3.31. The molecule has 0 fully saturated rings. The van der Waals surface area contributed by atoms with Crippen molar-refractivity contribution in [3.8, 4) is 74.0 Å². The maximum Gasteiger partial charge on any atom is 0.167 e. The lowest BCUT2D eigenvalue weighted by molar-refractivity contribution is 0.436. The molecule has 9 aromatic rings. The summed E-state index contributed by atoms with van der Waals surface area (Å²) in [5.74, 6) is 3.05. The molecule has 0 amide bonds. The lowest BCUT2D eigenvalue weighted by Crippen LogP contribution is -2.34. The van der Waals surface area contributed by atoms with Crippen molar-refractivity contribution in [2.24, 2.45) is 0 Å². The molecule has 1 aliphatic rings. The predicted molar refractivity (Wildman–Crippen MR) is 230 cm³/mol. The van der Waals surface area contributed by atoms with Crippen LogP contribution >= 0.6 is 0 Å². The molecule has 272 valence electrons. The Labute approximate surface area is 337 Å². The van der Waals surface area contributed by atoms with Crippen molar-refractivity contribution in [1.29, 1.82) is 5.26 Å². The topological polar surface area (TPSA) is 71.7 Å². The van der Waals surface area contributed by atoms with Crippen LogP contribution in [0.5, 0.6) is 11.5 Å². The van der Waals surface area contributed by atoms with Crippen LogP contribution < -0.4 is 4.74 Å². The van der Waals surface area contributed by atoms with Crippen molar-refractivity contribution in [3.05, 3.63) is 234 Å². The van der Waals surface area contributed by atoms with E-state index < -0.39 is 5.41 Å². The van der Waals surface area contributed by atoms with Crippen LogP contribution in [0, 0.1) is 11.3 Å². The van der Waals surface area contributed by atoms with Crippen LogP contribution in [0.1, 0.15) is 27.8 Å². The van der Waals surface area contributed by atoms with Gasteiger partial charge in [-0.2, -0.15) is 5.26 Å². The Morgan fingerprint density at radius 1 is 0.397 bits per heavy atom. The molecule has 0 atom stereocenters. The minimum absolute atomic E-state index is 0.500. The zero-order chi connectivity index (χ0) is 38.9. The van der Waals surface area contributed by atoms with Crippen molar-refractivity contribution in [2.75, 3.05) is 0 Å². The second kappa shape index (κ2) is 14.6. The molecule has 1 aromatic heterocycles. The van der Waals surface area contributed by atoms with E-state index in [1.807, 2.05) is 84.9 Å². The van der Waals surface area contributed by atoms with Gasteiger partial charge in [0.15, 0.2) is 17.5 Å². The van der Waals surface area contributed by atoms with E-state index in [0.717, 1.165) is 66.9 Å². The third kappa shape index (κ3) is 6.01. The van der Waals surface area contributed by atoms with E-state index >= 15 is 0 Å². The molecule has 2 heterocycles. The number of nitriles is 1. The molecular formula is C53H34N4O. The fourth-order valence-electron chi connectivity index (χ4n) is 8.20. The van der Waals surface area contributed by atoms with Crippen molar-refractivity contribution in [2.45, 2.75) is 5.41 Å². The highest BCUT2D eigenvalue weighted by Gasteiger charge is 2.46. The minimum Gasteiger partial charge on any atom is -0.456 e. The van der Waals surface area contributed by atoms with Gasteiger partial charge in [-0.25, -0.2) is 15.0 Å². The maximum absolute atomic E-state index is 9.40. The van der Waals surface area contributed by atoms with Gasteiger partial charge in [0.2, 0.25) is 0 Å². The highest BCUT2D eigenvalue weighted by Crippen LogP contribution is 2.57. The Kier molecular flexibility index (Phi) is 8.70. The Morgan fingerprint density at radius 3 is 1.47 bits per heavy atom. The Balaban J connectivity index is 1.21. The van der Waals surface area contributed by atoms with Gasteiger partial charge >= 0.3 is 0 Å². The summed E-state index contributed by atoms with van der Waals surface area (Å²) in [5, 5.41) is 9.40. The first kappa shape index (κ1) is 34.5. The van der Waals surface area contributed by atoms with E-state index in [0.29, 0.717) is 28.8 Å². The Bertz CT molecular complexity index is 2940. The monoisotopic (exact) mass is 742 g/mol. The van der Waals surface area contributed by atoms with Gasteiger partial charge in [0, 0.05) is 22.3 Å². The van der Waals surface area contributed by atoms with Gasteiger partial charge in [-0.15, -0.1) is 0 Å². The van der Waals surface area contributed by atoms with Gasteiger partial charge in [-0.05, 0) is 69.8 Å². The number of nitrogens with zero attached hydrogens (tertiary/aromatic N) is 4. The summed E-state index contributed by atoms with van der Waals surface area (Å²) in [6, 6.07) is 72.6. The first-order valence-electron chi connectivity index (χ1n) is 19.2. The number of hydrogen-bond donors (Lipinski definition) is 0. The first-order chi connectivity index (χ1) is 28.7. The highest BCUT2D eigenvalue weighted by atomic mass is 16.5. The normalized spacial score (nSPS) is 12.4. The summed E-state index contributed by atoms with van der Waals surface area (Å²) >= 11 is 0. The molecule has 0 unspecified atom stereocenters. The van der Waals surface area contributed by atoms with E-state index in [-0.39, 0.29) is 0 Å². The summed E-state index contributed by atoms with van der Waals surface area (Å²) < 4.78 is 7.00. The van der Waals surface area contributed by atoms with Crippen molar-refractivity contribution in [1.82, 2.24) is 15.0 Å². The van der Waals surface area contributed by atoms with Gasteiger partial charge in [0.05, 0.1) is 22.6 Å². The molecule has 0 radical (unpaired) electrons. The van der Waals surface area contributed by atoms with Gasteiger partial charge in [-0.1, -0.05) is 170 Å². The number of fused-ring (bicyclic) bond motifs is 2. The number of aromatic nitrogens is 3. The third-order valence-electron chi connectivity index (χ3n) is 10.9. The zero-order valence-corrected chi connectivity index (χ0v) is 31.3. The van der Waals surface area contributed by atoms with Gasteiger partial charge in [-0.3, -0.25) is 0 Å². The van der Waals surface area contributed by atoms with Crippen LogP contribution in [0.4, 0.5) is 0 Å². The number of benzene rings is 8. The lowest BCUT2D eigenvalue weighted by atomic mass is 9.63. The number of ether oxygens (including phenoxy) is 1. The molecule has 1 aliphatic heterocycles. The summed E-state index contributed by atoms with van der Waals surface area (Å²) in [6.07, 6.45) is 0. The molecule has 0 N–H and O–H groups in total. The molecule has 0 bridgehead atoms. The largest absolute Gasteiger partial charge is 0.456 e. The lowest BCUT2D eigenvalue weighted by Gasteiger charge is -2.42. The zero-order valence-electron chi connectivity index (χ0n) is 31.3. The first-order valence-corrected chi connectivity index (χ1v) is 19.2. The average molecular weight is 743 g/mol. The number of para-hydroxylation sites is 2. The Hall–Kier alpha value is -7.94. The molecule has 0 spiro atoms. The molecule has 0 aliphatic carbocycles. The van der Waals surface area contributed by atoms with Crippen LogP contribution in [0.2, 0.25) is 0 Å². The standard InChI is InChI=1S/C53H34N4O/c54-35-36-29-31-38(32-30-36)40-18-13-20-42(34-40)51-55-50(41-19-12-17-39(33-41)37-15-4-1-5-16-37)56-52(57-51)45-25-14-27-47-49(45)58-48-28-11-10-26-46(48)53(47,43-21-6-2-7-22-43)44-23-8-3-9-24-44/h1-34H. The molecular weight excluding hydrogens is 709 g/mol. The second-order valence-corrected chi connectivity index (χ2v) is 14.3. The van der Waals surface area contributed by atoms with Crippen LogP contribution in [0.3, 0.4) is 0 Å². The van der Waals surface area contributed by atoms with E-state index in [9.17, 15) is 5.26 Å². The summed E-state index contributed by atoms with van der Waals surface area (Å²) in [4.78, 5) is 15.7. The van der Waals surface area contributed by atoms with Crippen LogP contribution in [0.25, 0.3) is 56.4 Å². The minimum atomic E-state index is -0.694. The van der Waals surface area contributed by atoms with Gasteiger partial charge < -0.3 is 4.74 Å². The maximum atomic E-state index is 9.40. The Morgan fingerprint density at radius 2 is 0.862 bits per heavy atom. The quantitative estimate of drug-likeness (QED) is 0.163. The third-order valence-corrected chi connectivity index (χ3v) is 10.9. The molecule has 10 rings (SSSR count). The SMILES string of the molecule is N#Cc1ccc(-c2cccc(-c3nc(-c4cccc(-c5ccccc5)c4)nc(-c4cccc5c4Oc4ccccc4C5(c4ccccc4)c4ccccc4)n3)c2)cc1. The van der Waals surface area contributed by atoms with Crippen LogP contribution in [-0.4, -0.2) is 15.0 Å². The van der Waals surface area contributed by atoms with E-state index in [1.165, 1.54) is 0 Å². The molecule has 0 saturated carbocycles. The fourth-order valence-corrected chi connectivity index (χ4v) is 8.20. The molecule has 58 heavy (non-hydrogen) atoms. The number of hydrogen-bond acceptors (Lipinski definition) is 5. The van der Waals surface area contributed by atoms with Gasteiger partial charge in [0.1, 0.15) is 11.5 Å². The summed E-state index contributed by atoms with van der Waals surface area (Å²) in [7, 11) is 0. The molecule has 5 nitrogen and oxygen atoms in total. The van der Waals surface area contributed by atoms with Crippen molar-refractivity contribution < 1.29 is 4.74 Å². The molecule has 8 aromatic carbocycles. The fraction of sp³-hybridized carbons (Fsp3) is 0.0189. The predicted octanol–water partition coefficient (Wildman–Crippen LogP) is 12.6. The van der Waals surface area contributed by atoms with Gasteiger partial charge in [0.25, 0.3) is 0 Å². The summed E-state index contributed by atoms with van der Waals surface area (Å²) in [6.45, 7) is 0. The number of rotatable bonds is 7. The molecule has 0 saturated heterocycles. The smallest absolute Gasteiger partial charge is 0.167 e. The van der Waals surface area contributed by atoms with Crippen LogP contribution in [0.15, 0.2) is 206 Å². The highest BCUT2D eigenvalue weighted by molar-refractivity contribution is 5.80. The summed E-state index contributed by atoms with van der Waals surface area (Å²) in [5.41, 5.74) is 10.9. The molecule has 5 heteroatoms. The van der Waals surface area contributed by atoms with E-state index in [1.54, 1.807) is 0 Å². The van der Waals surface area contributed by atoms with Crippen molar-refractivity contribution in [3.63, 3.8) is 0 Å². The second-order valence-electron chi connectivity index (χ2n) is 14.3. The van der Waals surface area contributed by atoms with E-state index in [4.69, 9.17) is 19.7 Å². The van der Waals surface area contributed by atoms with Crippen LogP contribution in [-0.2, 0) is 5.41 Å².